The molecule has 0 amide bonds. The zero-order chi connectivity index (χ0) is 13.1. The minimum Gasteiger partial charge on any atom is -0.406 e. The monoisotopic (exact) mass is 270 g/mol. The first kappa shape index (κ1) is 14.1. The van der Waals surface area contributed by atoms with Gasteiger partial charge in [-0.25, -0.2) is 0 Å². The summed E-state index contributed by atoms with van der Waals surface area (Å²) in [5.74, 6) is -0.462. The first-order valence-corrected chi connectivity index (χ1v) is 5.06. The van der Waals surface area contributed by atoms with Gasteiger partial charge in [-0.05, 0) is 25.1 Å². The molecule has 0 aliphatic carbocycles. The Kier molecular flexibility index (Phi) is 4.62. The van der Waals surface area contributed by atoms with Crippen LogP contribution in [0.5, 0.6) is 5.75 Å². The molecule has 17 heavy (non-hydrogen) atoms. The Morgan fingerprint density at radius 2 is 2.06 bits per heavy atom. The molecule has 3 nitrogen and oxygen atoms in total. The van der Waals surface area contributed by atoms with Crippen LogP contribution in [-0.2, 0) is 4.74 Å². The van der Waals surface area contributed by atoms with Crippen LogP contribution in [0.3, 0.4) is 0 Å². The fourth-order valence-corrected chi connectivity index (χ4v) is 1.37. The van der Waals surface area contributed by atoms with E-state index >= 15 is 0 Å². The smallest absolute Gasteiger partial charge is 0.406 e. The van der Waals surface area contributed by atoms with E-state index in [4.69, 9.17) is 16.3 Å². The molecule has 1 rings (SSSR count). The Hall–Kier alpha value is -0.980. The van der Waals surface area contributed by atoms with Gasteiger partial charge in [0.05, 0.1) is 0 Å². The van der Waals surface area contributed by atoms with Crippen LogP contribution in [0.25, 0.3) is 0 Å². The summed E-state index contributed by atoms with van der Waals surface area (Å²) in [6.45, 7) is 1.83. The predicted octanol–water partition coefficient (Wildman–Crippen LogP) is 3.27. The van der Waals surface area contributed by atoms with Crippen molar-refractivity contribution in [2.75, 3.05) is 6.61 Å². The average Bonchev–Trinajstić information content (AvgIpc) is 2.19. The zero-order valence-corrected chi connectivity index (χ0v) is 9.55. The maximum atomic E-state index is 12.0. The minimum atomic E-state index is -4.79. The SMILES string of the molecule is CCOC(O)c1cc(OC(F)(F)F)ccc1Cl. The van der Waals surface area contributed by atoms with Gasteiger partial charge in [-0.15, -0.1) is 13.2 Å². The van der Waals surface area contributed by atoms with E-state index in [9.17, 15) is 18.3 Å². The third-order valence-corrected chi connectivity index (χ3v) is 2.14. The molecule has 1 aromatic carbocycles. The molecule has 0 fully saturated rings. The topological polar surface area (TPSA) is 38.7 Å². The average molecular weight is 271 g/mol. The van der Waals surface area contributed by atoms with Crippen LogP contribution in [0, 0.1) is 0 Å². The number of benzene rings is 1. The van der Waals surface area contributed by atoms with Gasteiger partial charge in [-0.2, -0.15) is 0 Å². The summed E-state index contributed by atoms with van der Waals surface area (Å²) in [6.07, 6.45) is -6.17. The lowest BCUT2D eigenvalue weighted by molar-refractivity contribution is -0.274. The lowest BCUT2D eigenvalue weighted by atomic mass is 10.2. The highest BCUT2D eigenvalue weighted by Gasteiger charge is 2.31. The highest BCUT2D eigenvalue weighted by Crippen LogP contribution is 2.30. The van der Waals surface area contributed by atoms with Crippen LogP contribution in [0.1, 0.15) is 18.8 Å². The van der Waals surface area contributed by atoms with Gasteiger partial charge in [0.15, 0.2) is 6.29 Å². The molecule has 0 bridgehead atoms. The summed E-state index contributed by atoms with van der Waals surface area (Å²) >= 11 is 5.72. The van der Waals surface area contributed by atoms with Crippen molar-refractivity contribution in [3.63, 3.8) is 0 Å². The van der Waals surface area contributed by atoms with Crippen molar-refractivity contribution >= 4 is 11.6 Å². The van der Waals surface area contributed by atoms with Crippen molar-refractivity contribution in [1.29, 1.82) is 0 Å². The maximum Gasteiger partial charge on any atom is 0.573 e. The number of hydrogen-bond donors (Lipinski definition) is 1. The summed E-state index contributed by atoms with van der Waals surface area (Å²) in [7, 11) is 0. The van der Waals surface area contributed by atoms with Crippen molar-refractivity contribution in [2.45, 2.75) is 19.6 Å². The molecule has 0 aliphatic rings. The van der Waals surface area contributed by atoms with Crippen LogP contribution in [0.15, 0.2) is 18.2 Å². The summed E-state index contributed by atoms with van der Waals surface area (Å²) in [4.78, 5) is 0. The van der Waals surface area contributed by atoms with Crippen molar-refractivity contribution in [2.24, 2.45) is 0 Å². The van der Waals surface area contributed by atoms with E-state index < -0.39 is 18.4 Å². The van der Waals surface area contributed by atoms with Crippen LogP contribution >= 0.6 is 11.6 Å². The normalized spacial score (nSPS) is 13.5. The van der Waals surface area contributed by atoms with Gasteiger partial charge in [-0.3, -0.25) is 0 Å². The first-order chi connectivity index (χ1) is 7.83. The minimum absolute atomic E-state index is 0.0234. The third kappa shape index (κ3) is 4.41. The van der Waals surface area contributed by atoms with E-state index in [2.05, 4.69) is 4.74 Å². The zero-order valence-electron chi connectivity index (χ0n) is 8.79. The Bertz CT molecular complexity index is 382. The second kappa shape index (κ2) is 5.57. The molecule has 0 radical (unpaired) electrons. The molecule has 96 valence electrons. The molecule has 0 heterocycles. The Morgan fingerprint density at radius 3 is 2.59 bits per heavy atom. The summed E-state index contributed by atoms with van der Waals surface area (Å²) < 4.78 is 44.4. The van der Waals surface area contributed by atoms with Gasteiger partial charge in [0.2, 0.25) is 0 Å². The van der Waals surface area contributed by atoms with E-state index in [-0.39, 0.29) is 17.2 Å². The molecule has 1 atom stereocenters. The summed E-state index contributed by atoms with van der Waals surface area (Å²) in [5, 5.41) is 9.58. The molecule has 7 heteroatoms. The third-order valence-electron chi connectivity index (χ3n) is 1.79. The molecule has 0 saturated heterocycles. The van der Waals surface area contributed by atoms with Gasteiger partial charge < -0.3 is 14.6 Å². The van der Waals surface area contributed by atoms with E-state index in [1.807, 2.05) is 0 Å². The van der Waals surface area contributed by atoms with Gasteiger partial charge in [0, 0.05) is 17.2 Å². The van der Waals surface area contributed by atoms with Gasteiger partial charge >= 0.3 is 6.36 Å². The van der Waals surface area contributed by atoms with Crippen LogP contribution < -0.4 is 4.74 Å². The molecule has 0 aliphatic heterocycles. The van der Waals surface area contributed by atoms with Gasteiger partial charge in [-0.1, -0.05) is 11.6 Å². The van der Waals surface area contributed by atoms with Crippen LogP contribution in [0.4, 0.5) is 13.2 Å². The highest BCUT2D eigenvalue weighted by atomic mass is 35.5. The number of rotatable bonds is 4. The number of aliphatic hydroxyl groups excluding tert-OH is 1. The second-order valence-corrected chi connectivity index (χ2v) is 3.45. The van der Waals surface area contributed by atoms with Crippen molar-refractivity contribution in [3.8, 4) is 5.75 Å². The van der Waals surface area contributed by atoms with Crippen LogP contribution in [-0.4, -0.2) is 18.1 Å². The van der Waals surface area contributed by atoms with E-state index in [1.165, 1.54) is 6.07 Å². The summed E-state index contributed by atoms with van der Waals surface area (Å²) in [5.41, 5.74) is 0.0234. The number of aliphatic hydroxyl groups is 1. The predicted molar refractivity (Wildman–Crippen MR) is 54.7 cm³/mol. The molecule has 1 aromatic rings. The van der Waals surface area contributed by atoms with E-state index in [0.717, 1.165) is 12.1 Å². The lowest BCUT2D eigenvalue weighted by Crippen LogP contribution is -2.17. The largest absolute Gasteiger partial charge is 0.573 e. The Morgan fingerprint density at radius 1 is 1.41 bits per heavy atom. The van der Waals surface area contributed by atoms with Gasteiger partial charge in [0.25, 0.3) is 0 Å². The number of halogens is 4. The molecule has 1 N–H and O–H groups in total. The second-order valence-electron chi connectivity index (χ2n) is 3.04. The maximum absolute atomic E-state index is 12.0. The lowest BCUT2D eigenvalue weighted by Gasteiger charge is -2.15. The van der Waals surface area contributed by atoms with Gasteiger partial charge in [0.1, 0.15) is 5.75 Å². The molecular formula is C10H10ClF3O3. The first-order valence-electron chi connectivity index (χ1n) is 4.68. The van der Waals surface area contributed by atoms with Crippen molar-refractivity contribution in [1.82, 2.24) is 0 Å². The molecular weight excluding hydrogens is 261 g/mol. The molecule has 0 aromatic heterocycles. The standard InChI is InChI=1S/C10H10ClF3O3/c1-2-16-9(15)7-5-6(3-4-8(7)11)17-10(12,13)14/h3-5,9,15H,2H2,1H3. The van der Waals surface area contributed by atoms with E-state index in [0.29, 0.717) is 0 Å². The molecule has 0 saturated carbocycles. The number of hydrogen-bond acceptors (Lipinski definition) is 3. The molecule has 0 spiro atoms. The highest BCUT2D eigenvalue weighted by molar-refractivity contribution is 6.31. The number of ether oxygens (including phenoxy) is 2. The van der Waals surface area contributed by atoms with Crippen molar-refractivity contribution < 1.29 is 27.8 Å². The Balaban J connectivity index is 2.94. The Labute approximate surface area is 101 Å². The van der Waals surface area contributed by atoms with Crippen molar-refractivity contribution in [3.05, 3.63) is 28.8 Å². The molecule has 1 unspecified atom stereocenters. The fraction of sp³-hybridized carbons (Fsp3) is 0.400. The van der Waals surface area contributed by atoms with E-state index in [1.54, 1.807) is 6.92 Å². The number of alkyl halides is 3. The van der Waals surface area contributed by atoms with Crippen LogP contribution in [0.2, 0.25) is 5.02 Å². The fourth-order valence-electron chi connectivity index (χ4n) is 1.16. The quantitative estimate of drug-likeness (QED) is 0.854. The summed E-state index contributed by atoms with van der Waals surface area (Å²) in [6, 6.07) is 3.23.